The molecule has 0 spiro atoms. The van der Waals surface area contributed by atoms with Crippen molar-refractivity contribution < 1.29 is 16.8 Å². The first-order valence-corrected chi connectivity index (χ1v) is 11.6. The smallest absolute Gasteiger partial charge is 0.200 e. The molecule has 148 valence electrons. The predicted octanol–water partition coefficient (Wildman–Crippen LogP) is 2.23. The fourth-order valence-electron chi connectivity index (χ4n) is 2.65. The van der Waals surface area contributed by atoms with Crippen molar-refractivity contribution >= 4 is 31.5 Å². The summed E-state index contributed by atoms with van der Waals surface area (Å²) in [5.74, 6) is 0. The Morgan fingerprint density at radius 1 is 0.607 bits per heavy atom. The Morgan fingerprint density at radius 3 is 1.32 bits per heavy atom. The third-order valence-corrected chi connectivity index (χ3v) is 6.57. The Hall–Kier alpha value is -2.72. The zero-order chi connectivity index (χ0) is 20.0. The molecule has 0 amide bonds. The summed E-state index contributed by atoms with van der Waals surface area (Å²) in [6.07, 6.45) is 2.64. The van der Waals surface area contributed by atoms with Crippen LogP contribution in [0, 0.1) is 0 Å². The average Bonchev–Trinajstić information content (AvgIpc) is 2.73. The molecule has 1 aliphatic rings. The second-order valence-electron chi connectivity index (χ2n) is 6.14. The van der Waals surface area contributed by atoms with Crippen molar-refractivity contribution in [2.24, 2.45) is 10.2 Å². The van der Waals surface area contributed by atoms with E-state index in [-0.39, 0.29) is 9.79 Å². The van der Waals surface area contributed by atoms with E-state index in [0.29, 0.717) is 24.3 Å². The molecule has 0 saturated heterocycles. The quantitative estimate of drug-likeness (QED) is 0.697. The molecule has 1 fully saturated rings. The molecule has 2 aromatic rings. The van der Waals surface area contributed by atoms with Crippen LogP contribution in [-0.2, 0) is 20.0 Å². The average molecular weight is 421 g/mol. The summed E-state index contributed by atoms with van der Waals surface area (Å²) in [6.45, 7) is 0. The third kappa shape index (κ3) is 4.96. The highest BCUT2D eigenvalue weighted by Crippen LogP contribution is 2.15. The van der Waals surface area contributed by atoms with Crippen molar-refractivity contribution in [3.05, 3.63) is 60.7 Å². The van der Waals surface area contributed by atoms with Crippen molar-refractivity contribution in [3.8, 4) is 0 Å². The number of nitrogens with one attached hydrogen (secondary N) is 2. The Morgan fingerprint density at radius 2 is 0.964 bits per heavy atom. The van der Waals surface area contributed by atoms with E-state index < -0.39 is 20.0 Å². The van der Waals surface area contributed by atoms with Gasteiger partial charge in [-0.15, -0.1) is 0 Å². The van der Waals surface area contributed by atoms with Crippen molar-refractivity contribution in [2.75, 3.05) is 0 Å². The van der Waals surface area contributed by atoms with E-state index in [1.165, 1.54) is 24.3 Å². The van der Waals surface area contributed by atoms with Gasteiger partial charge in [0.1, 0.15) is 0 Å². The molecule has 0 bridgehead atoms. The second kappa shape index (κ2) is 8.53. The Labute approximate surface area is 164 Å². The highest BCUT2D eigenvalue weighted by atomic mass is 32.2. The summed E-state index contributed by atoms with van der Waals surface area (Å²) in [6, 6.07) is 15.8. The molecule has 0 aliphatic heterocycles. The van der Waals surface area contributed by atoms with Gasteiger partial charge in [-0.1, -0.05) is 36.4 Å². The normalized spacial score (nSPS) is 18.1. The van der Waals surface area contributed by atoms with E-state index in [1.54, 1.807) is 36.4 Å². The van der Waals surface area contributed by atoms with Gasteiger partial charge in [-0.2, -0.15) is 36.7 Å². The molecule has 0 unspecified atom stereocenters. The number of hydrogen-bond donors (Lipinski definition) is 2. The van der Waals surface area contributed by atoms with Crippen LogP contribution in [0.5, 0.6) is 0 Å². The lowest BCUT2D eigenvalue weighted by molar-refractivity contribution is 0.582. The van der Waals surface area contributed by atoms with Crippen LogP contribution in [-0.4, -0.2) is 28.3 Å². The van der Waals surface area contributed by atoms with Crippen molar-refractivity contribution in [1.82, 2.24) is 9.66 Å². The van der Waals surface area contributed by atoms with Crippen LogP contribution in [0.2, 0.25) is 0 Å². The van der Waals surface area contributed by atoms with Gasteiger partial charge in [0.15, 0.2) is 0 Å². The number of hydrogen-bond acceptors (Lipinski definition) is 6. The first-order chi connectivity index (χ1) is 13.4. The summed E-state index contributed by atoms with van der Waals surface area (Å²) in [4.78, 5) is 4.60. The topological polar surface area (TPSA) is 117 Å². The van der Waals surface area contributed by atoms with Gasteiger partial charge in [0.25, 0.3) is 20.0 Å². The maximum atomic E-state index is 12.3. The van der Waals surface area contributed by atoms with Gasteiger partial charge < -0.3 is 0 Å². The zero-order valence-corrected chi connectivity index (χ0v) is 16.6. The van der Waals surface area contributed by atoms with Gasteiger partial charge in [0.2, 0.25) is 0 Å². The molecule has 0 aromatic heterocycles. The molecule has 8 nitrogen and oxygen atoms in total. The minimum Gasteiger partial charge on any atom is -0.200 e. The zero-order valence-electron chi connectivity index (χ0n) is 14.9. The van der Waals surface area contributed by atoms with Crippen LogP contribution in [0.4, 0.5) is 0 Å². The lowest BCUT2D eigenvalue weighted by atomic mass is 9.96. The van der Waals surface area contributed by atoms with Crippen LogP contribution in [0.25, 0.3) is 0 Å². The second-order valence-corrected chi connectivity index (χ2v) is 9.46. The highest BCUT2D eigenvalue weighted by molar-refractivity contribution is 7.89. The van der Waals surface area contributed by atoms with Gasteiger partial charge in [0, 0.05) is 0 Å². The summed E-state index contributed by atoms with van der Waals surface area (Å²) in [5, 5.41) is 8.00. The standard InChI is InChI=1S/C18H20N4O4S2/c23-27(24,15-9-3-1-4-10-15)21-19-17-13-7-8-14-18(17)20-22-28(25,26)16-11-5-2-6-12-16/h1-6,9-12,21-22H,7-8,13-14H2/b19-17-,20-18-. The molecule has 1 saturated carbocycles. The fourth-order valence-corrected chi connectivity index (χ4v) is 4.35. The molecular formula is C18H20N4O4S2. The molecule has 0 radical (unpaired) electrons. The van der Waals surface area contributed by atoms with Crippen LogP contribution in [0.1, 0.15) is 25.7 Å². The Balaban J connectivity index is 1.79. The summed E-state index contributed by atoms with van der Waals surface area (Å²) in [7, 11) is -7.60. The van der Waals surface area contributed by atoms with E-state index in [2.05, 4.69) is 19.9 Å². The molecule has 10 heteroatoms. The van der Waals surface area contributed by atoms with Crippen molar-refractivity contribution in [3.63, 3.8) is 0 Å². The SMILES string of the molecule is O=S(=O)(N/N=C1/CCCC/C1=N/NS(=O)(=O)c1ccccc1)c1ccccc1. The molecule has 3 rings (SSSR count). The van der Waals surface area contributed by atoms with E-state index in [1.807, 2.05) is 0 Å². The molecule has 0 heterocycles. The largest absolute Gasteiger partial charge is 0.276 e. The molecule has 2 N–H and O–H groups in total. The van der Waals surface area contributed by atoms with E-state index in [9.17, 15) is 16.8 Å². The minimum absolute atomic E-state index is 0.0958. The van der Waals surface area contributed by atoms with E-state index in [4.69, 9.17) is 0 Å². The summed E-state index contributed by atoms with van der Waals surface area (Å²) in [5.41, 5.74) is 0.836. The highest BCUT2D eigenvalue weighted by Gasteiger charge is 2.19. The van der Waals surface area contributed by atoms with Crippen LogP contribution < -0.4 is 9.66 Å². The summed E-state index contributed by atoms with van der Waals surface area (Å²) < 4.78 is 49.3. The van der Waals surface area contributed by atoms with Gasteiger partial charge in [-0.05, 0) is 49.9 Å². The van der Waals surface area contributed by atoms with Crippen molar-refractivity contribution in [2.45, 2.75) is 35.5 Å². The molecule has 1 aliphatic carbocycles. The molecule has 2 aromatic carbocycles. The lowest BCUT2D eigenvalue weighted by Gasteiger charge is -2.16. The van der Waals surface area contributed by atoms with Gasteiger partial charge >= 0.3 is 0 Å². The van der Waals surface area contributed by atoms with Crippen LogP contribution in [0.15, 0.2) is 80.7 Å². The van der Waals surface area contributed by atoms with Crippen LogP contribution in [0.3, 0.4) is 0 Å². The van der Waals surface area contributed by atoms with Gasteiger partial charge in [-0.25, -0.2) is 0 Å². The molecule has 28 heavy (non-hydrogen) atoms. The first-order valence-electron chi connectivity index (χ1n) is 8.66. The van der Waals surface area contributed by atoms with Gasteiger partial charge in [0.05, 0.1) is 21.2 Å². The number of hydrazone groups is 2. The maximum absolute atomic E-state index is 12.3. The van der Waals surface area contributed by atoms with Crippen LogP contribution >= 0.6 is 0 Å². The Kier molecular flexibility index (Phi) is 6.10. The molecular weight excluding hydrogens is 400 g/mol. The monoisotopic (exact) mass is 420 g/mol. The van der Waals surface area contributed by atoms with Crippen molar-refractivity contribution in [1.29, 1.82) is 0 Å². The number of rotatable bonds is 6. The lowest BCUT2D eigenvalue weighted by Crippen LogP contribution is -2.29. The fraction of sp³-hybridized carbons (Fsp3) is 0.222. The summed E-state index contributed by atoms with van der Waals surface area (Å²) >= 11 is 0. The Bertz CT molecular complexity index is 991. The number of sulfonamides is 2. The number of benzene rings is 2. The van der Waals surface area contributed by atoms with E-state index >= 15 is 0 Å². The van der Waals surface area contributed by atoms with E-state index in [0.717, 1.165) is 12.8 Å². The predicted molar refractivity (Wildman–Crippen MR) is 107 cm³/mol. The first kappa shape index (κ1) is 20.0. The number of nitrogens with zero attached hydrogens (tertiary/aromatic N) is 2. The van der Waals surface area contributed by atoms with Gasteiger partial charge in [-0.3, -0.25) is 0 Å². The molecule has 0 atom stereocenters. The maximum Gasteiger partial charge on any atom is 0.276 e. The third-order valence-electron chi connectivity index (χ3n) is 4.12. The minimum atomic E-state index is -3.80.